The Morgan fingerprint density at radius 2 is 2.05 bits per heavy atom. The van der Waals surface area contributed by atoms with Crippen molar-refractivity contribution in [2.45, 2.75) is 23.9 Å². The molecule has 0 radical (unpaired) electrons. The van der Waals surface area contributed by atoms with Gasteiger partial charge in [-0.3, -0.25) is 0 Å². The first-order valence-electron chi connectivity index (χ1n) is 5.99. The highest BCUT2D eigenvalue weighted by Gasteiger charge is 2.34. The number of carbonyl (C=O) groups is 1. The lowest BCUT2D eigenvalue weighted by Gasteiger charge is -2.23. The Morgan fingerprint density at radius 1 is 1.35 bits per heavy atom. The molecule has 1 heterocycles. The predicted octanol–water partition coefficient (Wildman–Crippen LogP) is 2.11. The third-order valence-electron chi connectivity index (χ3n) is 3.05. The van der Waals surface area contributed by atoms with Crippen LogP contribution >= 0.6 is 12.6 Å². The molecule has 0 amide bonds. The summed E-state index contributed by atoms with van der Waals surface area (Å²) in [5.41, 5.74) is 4.30. The zero-order chi connectivity index (χ0) is 14.8. The summed E-state index contributed by atoms with van der Waals surface area (Å²) in [6.45, 7) is 0.466. The highest BCUT2D eigenvalue weighted by Crippen LogP contribution is 2.34. The van der Waals surface area contributed by atoms with Gasteiger partial charge in [0, 0.05) is 11.8 Å². The number of hydrazine groups is 2. The molecule has 8 heteroatoms. The van der Waals surface area contributed by atoms with E-state index >= 15 is 0 Å². The minimum Gasteiger partial charge on any atom is -0.307 e. The number of alkyl halides is 3. The highest BCUT2D eigenvalue weighted by molar-refractivity contribution is 7.81. The summed E-state index contributed by atoms with van der Waals surface area (Å²) in [5, 5.41) is 1.55. The van der Waals surface area contributed by atoms with Crippen molar-refractivity contribution in [2.75, 3.05) is 12.0 Å². The predicted molar refractivity (Wildman–Crippen MR) is 72.2 cm³/mol. The number of rotatable bonds is 4. The molecule has 0 unspecified atom stereocenters. The molecule has 1 aromatic carbocycles. The van der Waals surface area contributed by atoms with E-state index in [1.807, 2.05) is 0 Å². The minimum atomic E-state index is -4.44. The molecule has 2 N–H and O–H groups in total. The molecular formula is C12H14F3N3OS. The Morgan fingerprint density at radius 3 is 2.70 bits per heavy atom. The van der Waals surface area contributed by atoms with E-state index in [2.05, 4.69) is 23.6 Å². The summed E-state index contributed by atoms with van der Waals surface area (Å²) in [6, 6.07) is 4.74. The normalized spacial score (nSPS) is 23.8. The lowest BCUT2D eigenvalue weighted by Crippen LogP contribution is -2.46. The summed E-state index contributed by atoms with van der Waals surface area (Å²) in [4.78, 5) is 10.9. The van der Waals surface area contributed by atoms with Gasteiger partial charge < -0.3 is 10.2 Å². The number of aldehydes is 1. The smallest absolute Gasteiger partial charge is 0.307 e. The van der Waals surface area contributed by atoms with E-state index in [0.717, 1.165) is 12.4 Å². The van der Waals surface area contributed by atoms with Gasteiger partial charge in [0.25, 0.3) is 0 Å². The van der Waals surface area contributed by atoms with Crippen LogP contribution in [-0.4, -0.2) is 29.1 Å². The number of carbonyl (C=O) groups excluding carboxylic acids is 1. The minimum absolute atomic E-state index is 0.0114. The molecule has 0 spiro atoms. The molecule has 20 heavy (non-hydrogen) atoms. The fourth-order valence-electron chi connectivity index (χ4n) is 2.07. The first kappa shape index (κ1) is 15.1. The number of benzene rings is 1. The second-order valence-electron chi connectivity index (χ2n) is 4.53. The van der Waals surface area contributed by atoms with Gasteiger partial charge in [0.2, 0.25) is 0 Å². The number of para-hydroxylation sites is 1. The van der Waals surface area contributed by atoms with Crippen LogP contribution in [0.25, 0.3) is 0 Å². The number of hydrogen-bond donors (Lipinski definition) is 3. The van der Waals surface area contributed by atoms with Gasteiger partial charge in [-0.05, 0) is 18.6 Å². The fraction of sp³-hybridized carbons (Fsp3) is 0.417. The van der Waals surface area contributed by atoms with Gasteiger partial charge in [-0.25, -0.2) is 5.01 Å². The van der Waals surface area contributed by atoms with E-state index in [9.17, 15) is 18.0 Å². The number of nitrogens with zero attached hydrogens (tertiary/aromatic N) is 1. The van der Waals surface area contributed by atoms with Gasteiger partial charge in [-0.2, -0.15) is 31.3 Å². The third kappa shape index (κ3) is 3.44. The number of hydrogen-bond acceptors (Lipinski definition) is 5. The Kier molecular flexibility index (Phi) is 4.56. The van der Waals surface area contributed by atoms with E-state index < -0.39 is 17.8 Å². The van der Waals surface area contributed by atoms with Crippen molar-refractivity contribution in [3.8, 4) is 0 Å². The van der Waals surface area contributed by atoms with Gasteiger partial charge in [0.05, 0.1) is 17.3 Å². The van der Waals surface area contributed by atoms with Crippen LogP contribution in [0.2, 0.25) is 0 Å². The Hall–Kier alpha value is -1.25. The van der Waals surface area contributed by atoms with E-state index in [-0.39, 0.29) is 10.9 Å². The van der Waals surface area contributed by atoms with Crippen LogP contribution in [0.1, 0.15) is 12.0 Å². The van der Waals surface area contributed by atoms with Crippen molar-refractivity contribution < 1.29 is 18.0 Å². The Bertz CT molecular complexity index is 483. The summed E-state index contributed by atoms with van der Waals surface area (Å²) >= 11 is 4.26. The maximum atomic E-state index is 12.8. The van der Waals surface area contributed by atoms with E-state index in [1.165, 1.54) is 23.2 Å². The highest BCUT2D eigenvalue weighted by atomic mass is 32.1. The quantitative estimate of drug-likeness (QED) is 0.453. The monoisotopic (exact) mass is 305 g/mol. The second kappa shape index (κ2) is 6.02. The summed E-state index contributed by atoms with van der Waals surface area (Å²) < 4.78 is 38.4. The van der Waals surface area contributed by atoms with Crippen LogP contribution in [0.3, 0.4) is 0 Å². The van der Waals surface area contributed by atoms with Crippen LogP contribution < -0.4 is 11.0 Å². The summed E-state index contributed by atoms with van der Waals surface area (Å²) in [5.74, 6) is 0. The molecule has 0 bridgehead atoms. The van der Waals surface area contributed by atoms with Gasteiger partial charge in [-0.1, -0.05) is 12.1 Å². The van der Waals surface area contributed by atoms with Crippen molar-refractivity contribution in [1.29, 1.82) is 0 Å². The van der Waals surface area contributed by atoms with E-state index in [4.69, 9.17) is 0 Å². The second-order valence-corrected chi connectivity index (χ2v) is 5.26. The first-order valence-corrected chi connectivity index (χ1v) is 6.51. The molecule has 1 aliphatic rings. The maximum Gasteiger partial charge on any atom is 0.418 e. The number of thiol groups is 1. The first-order chi connectivity index (χ1) is 9.41. The van der Waals surface area contributed by atoms with Crippen molar-refractivity contribution in [3.63, 3.8) is 0 Å². The number of anilines is 1. The third-order valence-corrected chi connectivity index (χ3v) is 3.42. The van der Waals surface area contributed by atoms with Crippen LogP contribution in [-0.2, 0) is 11.0 Å². The fourth-order valence-corrected chi connectivity index (χ4v) is 2.46. The average Bonchev–Trinajstić information content (AvgIpc) is 2.76. The Balaban J connectivity index is 2.06. The molecule has 110 valence electrons. The molecule has 0 aliphatic carbocycles. The number of halogens is 3. The van der Waals surface area contributed by atoms with Crippen LogP contribution in [0, 0.1) is 0 Å². The topological polar surface area (TPSA) is 44.4 Å². The summed E-state index contributed by atoms with van der Waals surface area (Å²) in [7, 11) is 0. The molecular weight excluding hydrogens is 291 g/mol. The molecule has 1 aliphatic heterocycles. The van der Waals surface area contributed by atoms with E-state index in [1.54, 1.807) is 0 Å². The van der Waals surface area contributed by atoms with Gasteiger partial charge >= 0.3 is 6.18 Å². The molecule has 0 aromatic heterocycles. The van der Waals surface area contributed by atoms with Gasteiger partial charge in [-0.15, -0.1) is 0 Å². The lowest BCUT2D eigenvalue weighted by molar-refractivity contribution is -0.137. The SMILES string of the molecule is O=C[C@@H]1C[C@H](S)CN1NNc1ccccc1C(F)(F)F. The van der Waals surface area contributed by atoms with Crippen molar-refractivity contribution in [1.82, 2.24) is 10.5 Å². The zero-order valence-electron chi connectivity index (χ0n) is 10.4. The zero-order valence-corrected chi connectivity index (χ0v) is 11.3. The van der Waals surface area contributed by atoms with Gasteiger partial charge in [0.1, 0.15) is 6.29 Å². The lowest BCUT2D eigenvalue weighted by atomic mass is 10.2. The average molecular weight is 305 g/mol. The molecule has 4 nitrogen and oxygen atoms in total. The number of nitrogens with one attached hydrogen (secondary N) is 2. The van der Waals surface area contributed by atoms with Gasteiger partial charge in [0.15, 0.2) is 0 Å². The molecule has 1 fully saturated rings. The Labute approximate surface area is 119 Å². The van der Waals surface area contributed by atoms with Crippen molar-refractivity contribution >= 4 is 24.6 Å². The van der Waals surface area contributed by atoms with E-state index in [0.29, 0.717) is 13.0 Å². The molecule has 0 saturated carbocycles. The molecule has 2 rings (SSSR count). The standard InChI is InChI=1S/C12H14F3N3OS/c13-12(14,15)10-3-1-2-4-11(10)16-17-18-6-9(20)5-8(18)7-19/h1-4,7-9,16-17,20H,5-6H2/t8-,9-/m0/s1. The molecule has 2 atom stereocenters. The maximum absolute atomic E-state index is 12.8. The van der Waals surface area contributed by atoms with Crippen molar-refractivity contribution in [2.24, 2.45) is 0 Å². The molecule has 1 aromatic rings. The van der Waals surface area contributed by atoms with Crippen LogP contribution in [0.4, 0.5) is 18.9 Å². The van der Waals surface area contributed by atoms with Crippen molar-refractivity contribution in [3.05, 3.63) is 29.8 Å². The van der Waals surface area contributed by atoms with Crippen LogP contribution in [0.15, 0.2) is 24.3 Å². The summed E-state index contributed by atoms with van der Waals surface area (Å²) in [6.07, 6.45) is -3.13. The largest absolute Gasteiger partial charge is 0.418 e. The molecule has 1 saturated heterocycles. The van der Waals surface area contributed by atoms with Crippen LogP contribution in [0.5, 0.6) is 0 Å².